The predicted octanol–water partition coefficient (Wildman–Crippen LogP) is 4.28. The fourth-order valence-corrected chi connectivity index (χ4v) is 3.33. The zero-order valence-electron chi connectivity index (χ0n) is 14.6. The smallest absolute Gasteiger partial charge is 0.246 e. The Morgan fingerprint density at radius 3 is 2.85 bits per heavy atom. The third-order valence-corrected chi connectivity index (χ3v) is 4.96. The van der Waals surface area contributed by atoms with E-state index in [1.165, 1.54) is 6.08 Å². The number of amides is 2. The largest absolute Gasteiger partial charge is 0.338 e. The van der Waals surface area contributed by atoms with Crippen molar-refractivity contribution in [3.8, 4) is 0 Å². The zero-order valence-corrected chi connectivity index (χ0v) is 16.1. The second kappa shape index (κ2) is 9.02. The van der Waals surface area contributed by atoms with Crippen LogP contribution in [0.2, 0.25) is 10.0 Å². The molecule has 0 saturated carbocycles. The summed E-state index contributed by atoms with van der Waals surface area (Å²) in [6.07, 6.45) is 6.26. The van der Waals surface area contributed by atoms with Crippen LogP contribution >= 0.6 is 23.2 Å². The van der Waals surface area contributed by atoms with Gasteiger partial charge in [-0.3, -0.25) is 9.59 Å². The summed E-state index contributed by atoms with van der Waals surface area (Å²) in [5, 5.41) is 3.88. The molecule has 1 fully saturated rings. The molecule has 0 radical (unpaired) electrons. The molecule has 1 atom stereocenters. The molecule has 27 heavy (non-hydrogen) atoms. The van der Waals surface area contributed by atoms with Gasteiger partial charge in [-0.1, -0.05) is 29.3 Å². The van der Waals surface area contributed by atoms with E-state index in [9.17, 15) is 9.59 Å². The molecule has 1 aromatic heterocycles. The van der Waals surface area contributed by atoms with Gasteiger partial charge >= 0.3 is 0 Å². The van der Waals surface area contributed by atoms with E-state index in [-0.39, 0.29) is 17.7 Å². The highest BCUT2D eigenvalue weighted by atomic mass is 35.5. The summed E-state index contributed by atoms with van der Waals surface area (Å²) in [5.41, 5.74) is 0.680. The van der Waals surface area contributed by atoms with Crippen molar-refractivity contribution in [1.82, 2.24) is 9.88 Å². The highest BCUT2D eigenvalue weighted by molar-refractivity contribution is 6.34. The lowest BCUT2D eigenvalue weighted by Gasteiger charge is -2.31. The average molecular weight is 404 g/mol. The number of halogens is 2. The van der Waals surface area contributed by atoms with E-state index >= 15 is 0 Å². The first-order valence-electron chi connectivity index (χ1n) is 8.67. The van der Waals surface area contributed by atoms with Crippen molar-refractivity contribution in [2.75, 3.05) is 18.4 Å². The lowest BCUT2D eigenvalue weighted by atomic mass is 9.97. The summed E-state index contributed by atoms with van der Waals surface area (Å²) in [4.78, 5) is 30.8. The van der Waals surface area contributed by atoms with Gasteiger partial charge in [0, 0.05) is 35.4 Å². The van der Waals surface area contributed by atoms with E-state index in [0.717, 1.165) is 12.8 Å². The molecule has 0 spiro atoms. The first-order chi connectivity index (χ1) is 13.0. The first kappa shape index (κ1) is 19.4. The van der Waals surface area contributed by atoms with Gasteiger partial charge in [-0.25, -0.2) is 4.98 Å². The molecule has 1 aromatic carbocycles. The molecule has 2 aromatic rings. The van der Waals surface area contributed by atoms with Crippen molar-refractivity contribution in [2.24, 2.45) is 5.92 Å². The number of nitrogens with zero attached hydrogens (tertiary/aromatic N) is 2. The number of carbonyl (C=O) groups excluding carboxylic acids is 2. The molecule has 1 saturated heterocycles. The van der Waals surface area contributed by atoms with Crippen LogP contribution in [-0.2, 0) is 9.59 Å². The third-order valence-electron chi connectivity index (χ3n) is 4.38. The topological polar surface area (TPSA) is 62.3 Å². The molecular weight excluding hydrogens is 385 g/mol. The lowest BCUT2D eigenvalue weighted by molar-refractivity contribution is -0.130. The lowest BCUT2D eigenvalue weighted by Crippen LogP contribution is -2.43. The summed E-state index contributed by atoms with van der Waals surface area (Å²) in [5.74, 6) is -0.0104. The van der Waals surface area contributed by atoms with E-state index in [2.05, 4.69) is 10.3 Å². The summed E-state index contributed by atoms with van der Waals surface area (Å²) in [6.45, 7) is 1.00. The van der Waals surface area contributed by atoms with E-state index in [1.807, 2.05) is 6.07 Å². The number of hydrogen-bond donors (Lipinski definition) is 1. The number of rotatable bonds is 4. The number of piperidine rings is 1. The molecule has 2 amide bonds. The Labute approximate surface area is 168 Å². The van der Waals surface area contributed by atoms with Crippen LogP contribution in [0.5, 0.6) is 0 Å². The van der Waals surface area contributed by atoms with Crippen LogP contribution in [0.25, 0.3) is 6.08 Å². The van der Waals surface area contributed by atoms with Gasteiger partial charge in [-0.15, -0.1) is 0 Å². The van der Waals surface area contributed by atoms with Gasteiger partial charge < -0.3 is 10.2 Å². The van der Waals surface area contributed by atoms with Crippen LogP contribution in [-0.4, -0.2) is 34.8 Å². The van der Waals surface area contributed by atoms with Crippen molar-refractivity contribution in [2.45, 2.75) is 12.8 Å². The van der Waals surface area contributed by atoms with Crippen molar-refractivity contribution < 1.29 is 9.59 Å². The monoisotopic (exact) mass is 403 g/mol. The molecule has 0 bridgehead atoms. The van der Waals surface area contributed by atoms with Gasteiger partial charge in [0.25, 0.3) is 0 Å². The van der Waals surface area contributed by atoms with E-state index in [1.54, 1.807) is 47.5 Å². The van der Waals surface area contributed by atoms with Crippen LogP contribution in [0, 0.1) is 5.92 Å². The van der Waals surface area contributed by atoms with E-state index in [4.69, 9.17) is 23.2 Å². The highest BCUT2D eigenvalue weighted by Gasteiger charge is 2.27. The van der Waals surface area contributed by atoms with E-state index in [0.29, 0.717) is 34.5 Å². The van der Waals surface area contributed by atoms with Crippen LogP contribution in [0.4, 0.5) is 5.82 Å². The van der Waals surface area contributed by atoms with Gasteiger partial charge in [0.2, 0.25) is 11.8 Å². The van der Waals surface area contributed by atoms with Crippen LogP contribution in [0.3, 0.4) is 0 Å². The number of carbonyl (C=O) groups is 2. The Hall–Kier alpha value is -2.37. The number of pyridine rings is 1. The van der Waals surface area contributed by atoms with Crippen molar-refractivity contribution in [3.05, 3.63) is 64.3 Å². The normalized spacial score (nSPS) is 17.1. The molecule has 2 heterocycles. The minimum absolute atomic E-state index is 0.118. The minimum atomic E-state index is -0.257. The maximum absolute atomic E-state index is 12.5. The minimum Gasteiger partial charge on any atom is -0.338 e. The summed E-state index contributed by atoms with van der Waals surface area (Å²) >= 11 is 12.1. The van der Waals surface area contributed by atoms with Crippen LogP contribution in [0.1, 0.15) is 18.4 Å². The summed E-state index contributed by atoms with van der Waals surface area (Å²) in [7, 11) is 0. The Bertz CT molecular complexity index is 856. The zero-order chi connectivity index (χ0) is 19.2. The molecule has 1 N–H and O–H groups in total. The van der Waals surface area contributed by atoms with Gasteiger partial charge in [0.05, 0.1) is 5.92 Å². The van der Waals surface area contributed by atoms with Gasteiger partial charge in [0.15, 0.2) is 0 Å². The van der Waals surface area contributed by atoms with E-state index < -0.39 is 0 Å². The SMILES string of the molecule is O=C(Nc1ccccn1)C1CCCN(C(=O)C=Cc2cc(Cl)ccc2Cl)C1. The maximum atomic E-state index is 12.5. The fourth-order valence-electron chi connectivity index (χ4n) is 2.97. The van der Waals surface area contributed by atoms with Gasteiger partial charge in [-0.05, 0) is 54.8 Å². The molecule has 7 heteroatoms. The van der Waals surface area contributed by atoms with Gasteiger partial charge in [0.1, 0.15) is 5.82 Å². The number of aromatic nitrogens is 1. The number of hydrogen-bond acceptors (Lipinski definition) is 3. The number of likely N-dealkylation sites (tertiary alicyclic amines) is 1. The number of anilines is 1. The molecule has 1 aliphatic rings. The van der Waals surface area contributed by atoms with Crippen molar-refractivity contribution in [3.63, 3.8) is 0 Å². The number of nitrogens with one attached hydrogen (secondary N) is 1. The molecule has 5 nitrogen and oxygen atoms in total. The molecule has 1 unspecified atom stereocenters. The quantitative estimate of drug-likeness (QED) is 0.774. The molecule has 0 aliphatic carbocycles. The Kier molecular flexibility index (Phi) is 6.48. The second-order valence-electron chi connectivity index (χ2n) is 6.33. The molecular formula is C20H19Cl2N3O2. The standard InChI is InChI=1S/C20H19Cl2N3O2/c21-16-7-8-17(22)14(12-16)6-9-19(26)25-11-3-4-15(13-25)20(27)24-18-5-1-2-10-23-18/h1-2,5-10,12,15H,3-4,11,13H2,(H,23,24,27). The van der Waals surface area contributed by atoms with Crippen molar-refractivity contribution in [1.29, 1.82) is 0 Å². The summed E-state index contributed by atoms with van der Waals surface area (Å²) in [6, 6.07) is 10.4. The second-order valence-corrected chi connectivity index (χ2v) is 7.17. The fraction of sp³-hybridized carbons (Fsp3) is 0.250. The van der Waals surface area contributed by atoms with Crippen LogP contribution < -0.4 is 5.32 Å². The summed E-state index contributed by atoms with van der Waals surface area (Å²) < 4.78 is 0. The highest BCUT2D eigenvalue weighted by Crippen LogP contribution is 2.23. The molecule has 140 valence electrons. The Morgan fingerprint density at radius 2 is 2.07 bits per heavy atom. The van der Waals surface area contributed by atoms with Gasteiger partial charge in [-0.2, -0.15) is 0 Å². The van der Waals surface area contributed by atoms with Crippen LogP contribution in [0.15, 0.2) is 48.7 Å². The first-order valence-corrected chi connectivity index (χ1v) is 9.42. The molecule has 3 rings (SSSR count). The Balaban J connectivity index is 1.61. The van der Waals surface area contributed by atoms with Crippen molar-refractivity contribution >= 4 is 46.9 Å². The maximum Gasteiger partial charge on any atom is 0.246 e. The predicted molar refractivity (Wildman–Crippen MR) is 108 cm³/mol. The average Bonchev–Trinajstić information content (AvgIpc) is 2.69. The number of benzene rings is 1. The molecule has 1 aliphatic heterocycles. The third kappa shape index (κ3) is 5.31. The Morgan fingerprint density at radius 1 is 1.22 bits per heavy atom.